The molecule has 0 saturated heterocycles. The monoisotopic (exact) mass is 261 g/mol. The summed E-state index contributed by atoms with van der Waals surface area (Å²) in [4.78, 5) is 24.1. The van der Waals surface area contributed by atoms with Crippen molar-refractivity contribution in [2.45, 2.75) is 17.1 Å². The van der Waals surface area contributed by atoms with Crippen molar-refractivity contribution in [3.8, 4) is 6.07 Å². The number of fused-ring (bicyclic) bond motifs is 1. The maximum Gasteiger partial charge on any atom is 0.252 e. The lowest BCUT2D eigenvalue weighted by Gasteiger charge is -2.21. The molecule has 0 fully saturated rings. The highest BCUT2D eigenvalue weighted by Crippen LogP contribution is 2.35. The van der Waals surface area contributed by atoms with Crippen LogP contribution in [0.15, 0.2) is 23.1 Å². The van der Waals surface area contributed by atoms with Gasteiger partial charge in [0.05, 0.1) is 17.0 Å². The number of amides is 2. The van der Waals surface area contributed by atoms with E-state index >= 15 is 0 Å². The minimum Gasteiger partial charge on any atom is -0.339 e. The number of nitrogens with one attached hydrogen (secondary N) is 2. The molecule has 1 aliphatic rings. The van der Waals surface area contributed by atoms with Crippen LogP contribution in [-0.4, -0.2) is 23.6 Å². The number of carbonyl (C=O) groups is 2. The molecule has 5 nitrogen and oxygen atoms in total. The van der Waals surface area contributed by atoms with Crippen LogP contribution in [0.4, 0.5) is 5.69 Å². The minimum absolute atomic E-state index is 0.0337. The van der Waals surface area contributed by atoms with Gasteiger partial charge in [-0.25, -0.2) is 0 Å². The van der Waals surface area contributed by atoms with Crippen LogP contribution in [0.2, 0.25) is 0 Å². The summed E-state index contributed by atoms with van der Waals surface area (Å²) >= 11 is 1.46. The van der Waals surface area contributed by atoms with Crippen molar-refractivity contribution in [3.05, 3.63) is 23.8 Å². The van der Waals surface area contributed by atoms with Crippen molar-refractivity contribution in [2.75, 3.05) is 11.9 Å². The summed E-state index contributed by atoms with van der Waals surface area (Å²) in [5, 5.41) is 13.5. The van der Waals surface area contributed by atoms with E-state index in [4.69, 9.17) is 5.26 Å². The number of hydrogen-bond donors (Lipinski definition) is 2. The largest absolute Gasteiger partial charge is 0.339 e. The van der Waals surface area contributed by atoms with E-state index in [0.29, 0.717) is 11.3 Å². The van der Waals surface area contributed by atoms with Crippen LogP contribution in [0.5, 0.6) is 0 Å². The van der Waals surface area contributed by atoms with Gasteiger partial charge in [-0.1, -0.05) is 0 Å². The summed E-state index contributed by atoms with van der Waals surface area (Å²) in [7, 11) is 0. The first-order valence-electron chi connectivity index (χ1n) is 5.38. The van der Waals surface area contributed by atoms with E-state index in [2.05, 4.69) is 10.6 Å². The standard InChI is InChI=1S/C12H11N3O2S/c1-7-11(16)15-9-6-8(2-3-10(9)18-7)12(17)14-5-4-13/h2-3,6-7H,5H2,1H3,(H,14,17)(H,15,16). The quantitative estimate of drug-likeness (QED) is 0.788. The zero-order valence-electron chi connectivity index (χ0n) is 9.69. The second-order valence-electron chi connectivity index (χ2n) is 3.80. The maximum absolute atomic E-state index is 11.7. The highest BCUT2D eigenvalue weighted by atomic mass is 32.2. The van der Waals surface area contributed by atoms with Crippen LogP contribution in [-0.2, 0) is 4.79 Å². The molecule has 0 radical (unpaired) electrons. The number of thioether (sulfide) groups is 1. The van der Waals surface area contributed by atoms with E-state index in [9.17, 15) is 9.59 Å². The molecule has 1 aliphatic heterocycles. The fraction of sp³-hybridized carbons (Fsp3) is 0.250. The molecule has 1 unspecified atom stereocenters. The zero-order chi connectivity index (χ0) is 13.1. The van der Waals surface area contributed by atoms with Gasteiger partial charge in [-0.2, -0.15) is 5.26 Å². The average Bonchev–Trinajstić information content (AvgIpc) is 2.36. The lowest BCUT2D eigenvalue weighted by molar-refractivity contribution is -0.115. The number of anilines is 1. The number of nitriles is 1. The first-order valence-corrected chi connectivity index (χ1v) is 6.26. The highest BCUT2D eigenvalue weighted by Gasteiger charge is 2.23. The molecule has 1 aromatic rings. The topological polar surface area (TPSA) is 82.0 Å². The summed E-state index contributed by atoms with van der Waals surface area (Å²) in [5.74, 6) is -0.390. The van der Waals surface area contributed by atoms with Crippen LogP contribution in [0.3, 0.4) is 0 Å². The Morgan fingerprint density at radius 1 is 1.61 bits per heavy atom. The molecule has 0 saturated carbocycles. The van der Waals surface area contributed by atoms with E-state index in [1.807, 2.05) is 13.0 Å². The van der Waals surface area contributed by atoms with E-state index in [-0.39, 0.29) is 23.6 Å². The third-order valence-electron chi connectivity index (χ3n) is 2.50. The van der Waals surface area contributed by atoms with E-state index < -0.39 is 0 Å². The lowest BCUT2D eigenvalue weighted by Crippen LogP contribution is -2.27. The van der Waals surface area contributed by atoms with Crippen molar-refractivity contribution in [3.63, 3.8) is 0 Å². The van der Waals surface area contributed by atoms with Gasteiger partial charge in [0.2, 0.25) is 5.91 Å². The third-order valence-corrected chi connectivity index (χ3v) is 3.68. The van der Waals surface area contributed by atoms with Gasteiger partial charge in [0.15, 0.2) is 0 Å². The molecule has 1 atom stereocenters. The van der Waals surface area contributed by atoms with E-state index in [1.54, 1.807) is 18.2 Å². The average molecular weight is 261 g/mol. The number of hydrogen-bond acceptors (Lipinski definition) is 4. The Labute approximate surface area is 109 Å². The van der Waals surface area contributed by atoms with Crippen molar-refractivity contribution in [2.24, 2.45) is 0 Å². The minimum atomic E-state index is -0.322. The van der Waals surface area contributed by atoms with Crippen LogP contribution >= 0.6 is 11.8 Å². The fourth-order valence-corrected chi connectivity index (χ4v) is 2.50. The van der Waals surface area contributed by atoms with Gasteiger partial charge in [-0.15, -0.1) is 11.8 Å². The predicted octanol–water partition coefficient (Wildman–Crippen LogP) is 1.37. The molecule has 0 aromatic heterocycles. The zero-order valence-corrected chi connectivity index (χ0v) is 10.5. The smallest absolute Gasteiger partial charge is 0.252 e. The van der Waals surface area contributed by atoms with Crippen LogP contribution in [0, 0.1) is 11.3 Å². The van der Waals surface area contributed by atoms with Crippen molar-refractivity contribution >= 4 is 29.3 Å². The molecule has 6 heteroatoms. The SMILES string of the molecule is CC1Sc2ccc(C(=O)NCC#N)cc2NC1=O. The summed E-state index contributed by atoms with van der Waals surface area (Å²) < 4.78 is 0. The second-order valence-corrected chi connectivity index (χ2v) is 5.18. The van der Waals surface area contributed by atoms with Crippen molar-refractivity contribution < 1.29 is 9.59 Å². The summed E-state index contributed by atoms with van der Waals surface area (Å²) in [6, 6.07) is 6.95. The van der Waals surface area contributed by atoms with Gasteiger partial charge in [0, 0.05) is 10.5 Å². The molecule has 0 bridgehead atoms. The third kappa shape index (κ3) is 2.46. The second kappa shape index (κ2) is 5.10. The van der Waals surface area contributed by atoms with Crippen LogP contribution in [0.1, 0.15) is 17.3 Å². The van der Waals surface area contributed by atoms with Gasteiger partial charge in [0.25, 0.3) is 5.91 Å². The Morgan fingerprint density at radius 3 is 3.11 bits per heavy atom. The predicted molar refractivity (Wildman–Crippen MR) is 68.3 cm³/mol. The molecule has 2 amide bonds. The Kier molecular flexibility index (Phi) is 3.53. The Morgan fingerprint density at radius 2 is 2.39 bits per heavy atom. The van der Waals surface area contributed by atoms with Gasteiger partial charge in [-0.05, 0) is 25.1 Å². The number of nitrogens with zero attached hydrogens (tertiary/aromatic N) is 1. The van der Waals surface area contributed by atoms with Gasteiger partial charge >= 0.3 is 0 Å². The molecule has 2 N–H and O–H groups in total. The summed E-state index contributed by atoms with van der Waals surface area (Å²) in [6.07, 6.45) is 0. The molecule has 1 heterocycles. The van der Waals surface area contributed by atoms with Gasteiger partial charge in [-0.3, -0.25) is 9.59 Å². The molecular formula is C12H11N3O2S. The Hall–Kier alpha value is -2.00. The van der Waals surface area contributed by atoms with E-state index in [1.165, 1.54) is 11.8 Å². The van der Waals surface area contributed by atoms with Crippen LogP contribution in [0.25, 0.3) is 0 Å². The fourth-order valence-electron chi connectivity index (χ4n) is 1.57. The van der Waals surface area contributed by atoms with Crippen molar-refractivity contribution in [1.29, 1.82) is 5.26 Å². The van der Waals surface area contributed by atoms with Crippen LogP contribution < -0.4 is 10.6 Å². The Bertz CT molecular complexity index is 551. The molecule has 92 valence electrons. The first kappa shape index (κ1) is 12.5. The molecule has 2 rings (SSSR count). The molecule has 0 spiro atoms. The van der Waals surface area contributed by atoms with Gasteiger partial charge in [0.1, 0.15) is 6.54 Å². The highest BCUT2D eigenvalue weighted by molar-refractivity contribution is 8.00. The summed E-state index contributed by atoms with van der Waals surface area (Å²) in [5.41, 5.74) is 1.08. The lowest BCUT2D eigenvalue weighted by atomic mass is 10.1. The molecule has 1 aromatic carbocycles. The van der Waals surface area contributed by atoms with Crippen molar-refractivity contribution in [1.82, 2.24) is 5.32 Å². The number of carbonyl (C=O) groups excluding carboxylic acids is 2. The maximum atomic E-state index is 11.7. The number of rotatable bonds is 2. The molecular weight excluding hydrogens is 250 g/mol. The van der Waals surface area contributed by atoms with Gasteiger partial charge < -0.3 is 10.6 Å². The number of benzene rings is 1. The summed E-state index contributed by atoms with van der Waals surface area (Å²) in [6.45, 7) is 1.80. The molecule has 18 heavy (non-hydrogen) atoms. The first-order chi connectivity index (χ1) is 8.61. The normalized spacial score (nSPS) is 17.3. The molecule has 0 aliphatic carbocycles. The van der Waals surface area contributed by atoms with E-state index in [0.717, 1.165) is 4.90 Å². The Balaban J connectivity index is 2.23.